The predicted octanol–water partition coefficient (Wildman–Crippen LogP) is 11.2. The maximum atomic E-state index is 6.28. The molecule has 0 atom stereocenters. The molecule has 7 aromatic rings. The maximum absolute atomic E-state index is 6.28. The van der Waals surface area contributed by atoms with Gasteiger partial charge in [0.15, 0.2) is 0 Å². The molecule has 0 saturated carbocycles. The van der Waals surface area contributed by atoms with Gasteiger partial charge in [-0.3, -0.25) is 0 Å². The molecular formula is C36H24Cl2N2. The highest BCUT2D eigenvalue weighted by molar-refractivity contribution is 6.35. The summed E-state index contributed by atoms with van der Waals surface area (Å²) in [6.07, 6.45) is 0. The minimum atomic E-state index is 0.625. The Morgan fingerprint density at radius 2 is 1.00 bits per heavy atom. The van der Waals surface area contributed by atoms with Crippen LogP contribution in [0.1, 0.15) is 0 Å². The fraction of sp³-hybridized carbons (Fsp3) is 0. The van der Waals surface area contributed by atoms with Gasteiger partial charge in [-0.15, -0.1) is 0 Å². The zero-order valence-corrected chi connectivity index (χ0v) is 23.0. The molecule has 0 spiro atoms. The van der Waals surface area contributed by atoms with Crippen LogP contribution in [0.3, 0.4) is 0 Å². The number of aromatic nitrogens is 1. The highest BCUT2D eigenvalue weighted by Crippen LogP contribution is 2.40. The van der Waals surface area contributed by atoms with Gasteiger partial charge < -0.3 is 9.47 Å². The average Bonchev–Trinajstić information content (AvgIpc) is 3.32. The highest BCUT2D eigenvalue weighted by atomic mass is 35.5. The zero-order valence-electron chi connectivity index (χ0n) is 21.5. The summed E-state index contributed by atoms with van der Waals surface area (Å²) in [5.41, 5.74) is 8.81. The van der Waals surface area contributed by atoms with Crippen molar-refractivity contribution in [2.45, 2.75) is 0 Å². The van der Waals surface area contributed by atoms with Crippen LogP contribution < -0.4 is 4.90 Å². The first-order valence-electron chi connectivity index (χ1n) is 13.2. The SMILES string of the molecule is Clc1cc(Cl)cc(-c2ccc(N(c3ccccc3)c3ccc4c(c3)c3ccccc3n4-c3ccccc3)cc2)c1. The number of nitrogens with zero attached hydrogens (tertiary/aromatic N) is 2. The molecule has 40 heavy (non-hydrogen) atoms. The summed E-state index contributed by atoms with van der Waals surface area (Å²) in [4.78, 5) is 2.29. The van der Waals surface area contributed by atoms with Crippen LogP contribution in [0.4, 0.5) is 17.1 Å². The van der Waals surface area contributed by atoms with E-state index < -0.39 is 0 Å². The molecule has 2 nitrogen and oxygen atoms in total. The molecule has 7 rings (SSSR count). The van der Waals surface area contributed by atoms with Gasteiger partial charge in [0.25, 0.3) is 0 Å². The summed E-state index contributed by atoms with van der Waals surface area (Å²) in [7, 11) is 0. The van der Waals surface area contributed by atoms with E-state index in [1.165, 1.54) is 21.8 Å². The van der Waals surface area contributed by atoms with Crippen LogP contribution in [-0.4, -0.2) is 4.57 Å². The summed E-state index contributed by atoms with van der Waals surface area (Å²) >= 11 is 12.6. The molecule has 0 aliphatic rings. The van der Waals surface area contributed by atoms with E-state index in [0.29, 0.717) is 10.0 Å². The van der Waals surface area contributed by atoms with Gasteiger partial charge in [0.05, 0.1) is 11.0 Å². The van der Waals surface area contributed by atoms with Gasteiger partial charge in [-0.2, -0.15) is 0 Å². The van der Waals surface area contributed by atoms with Crippen molar-refractivity contribution < 1.29 is 0 Å². The van der Waals surface area contributed by atoms with Crippen LogP contribution in [0.25, 0.3) is 38.6 Å². The molecule has 0 bridgehead atoms. The summed E-state index contributed by atoms with van der Waals surface area (Å²) < 4.78 is 2.34. The minimum Gasteiger partial charge on any atom is -0.310 e. The monoisotopic (exact) mass is 554 g/mol. The molecule has 4 heteroatoms. The Morgan fingerprint density at radius 3 is 1.73 bits per heavy atom. The number of fused-ring (bicyclic) bond motifs is 3. The van der Waals surface area contributed by atoms with Crippen molar-refractivity contribution >= 4 is 62.1 Å². The van der Waals surface area contributed by atoms with Crippen molar-refractivity contribution in [1.82, 2.24) is 4.57 Å². The Bertz CT molecular complexity index is 1940. The minimum absolute atomic E-state index is 0.625. The predicted molar refractivity (Wildman–Crippen MR) is 171 cm³/mol. The van der Waals surface area contributed by atoms with Gasteiger partial charge in [0.1, 0.15) is 0 Å². The van der Waals surface area contributed by atoms with E-state index in [0.717, 1.165) is 33.9 Å². The molecule has 0 fully saturated rings. The number of anilines is 3. The zero-order chi connectivity index (χ0) is 27.1. The first kappa shape index (κ1) is 24.5. The Morgan fingerprint density at radius 1 is 0.425 bits per heavy atom. The number of para-hydroxylation sites is 3. The van der Waals surface area contributed by atoms with Crippen LogP contribution in [-0.2, 0) is 0 Å². The van der Waals surface area contributed by atoms with Gasteiger partial charge in [0, 0.05) is 43.6 Å². The summed E-state index contributed by atoms with van der Waals surface area (Å²) in [5, 5.41) is 3.69. The second-order valence-electron chi connectivity index (χ2n) is 9.77. The second-order valence-corrected chi connectivity index (χ2v) is 10.6. The molecular weight excluding hydrogens is 531 g/mol. The normalized spacial score (nSPS) is 11.2. The number of hydrogen-bond acceptors (Lipinski definition) is 1. The Labute approximate surface area is 243 Å². The van der Waals surface area contributed by atoms with E-state index >= 15 is 0 Å². The lowest BCUT2D eigenvalue weighted by Gasteiger charge is -2.26. The molecule has 6 aromatic carbocycles. The lowest BCUT2D eigenvalue weighted by Crippen LogP contribution is -2.09. The van der Waals surface area contributed by atoms with Gasteiger partial charge in [-0.05, 0) is 90.0 Å². The van der Waals surface area contributed by atoms with E-state index in [1.807, 2.05) is 18.2 Å². The van der Waals surface area contributed by atoms with E-state index in [-0.39, 0.29) is 0 Å². The highest BCUT2D eigenvalue weighted by Gasteiger charge is 2.17. The fourth-order valence-corrected chi connectivity index (χ4v) is 6.03. The fourth-order valence-electron chi connectivity index (χ4n) is 5.50. The van der Waals surface area contributed by atoms with Gasteiger partial charge >= 0.3 is 0 Å². The van der Waals surface area contributed by atoms with E-state index in [2.05, 4.69) is 131 Å². The number of rotatable bonds is 5. The van der Waals surface area contributed by atoms with Crippen LogP contribution in [0.15, 0.2) is 146 Å². The lowest BCUT2D eigenvalue weighted by molar-refractivity contribution is 1.18. The topological polar surface area (TPSA) is 8.17 Å². The molecule has 192 valence electrons. The largest absolute Gasteiger partial charge is 0.310 e. The third kappa shape index (κ3) is 4.42. The second kappa shape index (κ2) is 10.2. The molecule has 0 N–H and O–H groups in total. The van der Waals surface area contributed by atoms with Crippen LogP contribution in [0.5, 0.6) is 0 Å². The molecule has 0 aliphatic heterocycles. The van der Waals surface area contributed by atoms with Crippen molar-refractivity contribution in [2.24, 2.45) is 0 Å². The Kier molecular flexibility index (Phi) is 6.28. The average molecular weight is 556 g/mol. The first-order valence-corrected chi connectivity index (χ1v) is 13.9. The lowest BCUT2D eigenvalue weighted by atomic mass is 10.0. The standard InChI is InChI=1S/C36H24Cl2N2/c37-27-21-26(22-28(38)23-27)25-15-17-31(18-16-25)39(29-9-3-1-4-10-29)32-19-20-36-34(24-32)33-13-7-8-14-35(33)40(36)30-11-5-2-6-12-30/h1-24H. The van der Waals surface area contributed by atoms with Crippen molar-refractivity contribution in [1.29, 1.82) is 0 Å². The Hall–Kier alpha value is -4.50. The van der Waals surface area contributed by atoms with Crippen molar-refractivity contribution in [2.75, 3.05) is 4.90 Å². The number of hydrogen-bond donors (Lipinski definition) is 0. The molecule has 0 aliphatic carbocycles. The number of benzene rings is 6. The van der Waals surface area contributed by atoms with Crippen LogP contribution >= 0.6 is 23.2 Å². The molecule has 0 saturated heterocycles. The third-order valence-electron chi connectivity index (χ3n) is 7.26. The first-order chi connectivity index (χ1) is 19.7. The maximum Gasteiger partial charge on any atom is 0.0542 e. The molecule has 0 unspecified atom stereocenters. The van der Waals surface area contributed by atoms with Gasteiger partial charge in [-0.1, -0.05) is 89.9 Å². The summed E-state index contributed by atoms with van der Waals surface area (Å²) in [6, 6.07) is 50.5. The summed E-state index contributed by atoms with van der Waals surface area (Å²) in [6.45, 7) is 0. The van der Waals surface area contributed by atoms with E-state index in [9.17, 15) is 0 Å². The smallest absolute Gasteiger partial charge is 0.0542 e. The molecule has 1 heterocycles. The molecule has 1 aromatic heterocycles. The molecule has 0 amide bonds. The van der Waals surface area contributed by atoms with Crippen molar-refractivity contribution in [3.8, 4) is 16.8 Å². The van der Waals surface area contributed by atoms with Crippen molar-refractivity contribution in [3.05, 3.63) is 156 Å². The van der Waals surface area contributed by atoms with E-state index in [4.69, 9.17) is 23.2 Å². The van der Waals surface area contributed by atoms with Gasteiger partial charge in [-0.25, -0.2) is 0 Å². The quantitative estimate of drug-likeness (QED) is 0.205. The van der Waals surface area contributed by atoms with Crippen molar-refractivity contribution in [3.63, 3.8) is 0 Å². The third-order valence-corrected chi connectivity index (χ3v) is 7.70. The summed E-state index contributed by atoms with van der Waals surface area (Å²) in [5.74, 6) is 0. The van der Waals surface area contributed by atoms with Crippen LogP contribution in [0.2, 0.25) is 10.0 Å². The van der Waals surface area contributed by atoms with Gasteiger partial charge in [0.2, 0.25) is 0 Å². The Balaban J connectivity index is 1.39. The van der Waals surface area contributed by atoms with Crippen LogP contribution in [0, 0.1) is 0 Å². The molecule has 0 radical (unpaired) electrons. The number of halogens is 2. The van der Waals surface area contributed by atoms with E-state index in [1.54, 1.807) is 6.07 Å².